The van der Waals surface area contributed by atoms with E-state index in [9.17, 15) is 19.2 Å². The Morgan fingerprint density at radius 1 is 1.03 bits per heavy atom. The highest BCUT2D eigenvalue weighted by Crippen LogP contribution is 2.27. The Bertz CT molecular complexity index is 883. The van der Waals surface area contributed by atoms with Gasteiger partial charge in [0.2, 0.25) is 23.6 Å². The molecule has 1 aliphatic rings. The average Bonchev–Trinajstić information content (AvgIpc) is 3.19. The zero-order valence-electron chi connectivity index (χ0n) is 21.3. The third kappa shape index (κ3) is 7.03. The molecule has 1 aromatic carbocycles. The third-order valence-corrected chi connectivity index (χ3v) is 6.18. The number of nitrogens with zero attached hydrogens (tertiary/aromatic N) is 1. The lowest BCUT2D eigenvalue weighted by molar-refractivity contribution is -0.144. The molecule has 9 nitrogen and oxygen atoms in total. The largest absolute Gasteiger partial charge is 0.352 e. The maximum Gasteiger partial charge on any atom is 0.246 e. The molecule has 1 heterocycles. The summed E-state index contributed by atoms with van der Waals surface area (Å²) in [5.74, 6) is -1.16. The van der Waals surface area contributed by atoms with E-state index in [0.717, 1.165) is 5.56 Å². The van der Waals surface area contributed by atoms with Crippen LogP contribution < -0.4 is 21.3 Å². The van der Waals surface area contributed by atoms with Gasteiger partial charge in [-0.3, -0.25) is 19.2 Å². The molecule has 9 heteroatoms. The normalized spacial score (nSPS) is 20.7. The molecule has 0 bridgehead atoms. The highest BCUT2D eigenvalue weighted by atomic mass is 16.2. The van der Waals surface area contributed by atoms with Crippen molar-refractivity contribution in [2.75, 3.05) is 13.6 Å². The number of nitrogens with one attached hydrogen (secondary N) is 4. The predicted molar refractivity (Wildman–Crippen MR) is 131 cm³/mol. The molecule has 5 atom stereocenters. The first-order chi connectivity index (χ1) is 15.8. The molecule has 0 spiro atoms. The lowest BCUT2D eigenvalue weighted by Gasteiger charge is -2.36. The smallest absolute Gasteiger partial charge is 0.246 e. The molecule has 34 heavy (non-hydrogen) atoms. The molecule has 4 N–H and O–H groups in total. The van der Waals surface area contributed by atoms with Crippen molar-refractivity contribution in [2.24, 2.45) is 5.41 Å². The Kier molecular flexibility index (Phi) is 9.21. The fraction of sp³-hybridized carbons (Fsp3) is 0.600. The van der Waals surface area contributed by atoms with Crippen LogP contribution in [0.1, 0.15) is 59.6 Å². The Hall–Kier alpha value is -2.94. The number of hydrogen-bond donors (Lipinski definition) is 4. The van der Waals surface area contributed by atoms with Gasteiger partial charge in [-0.05, 0) is 38.3 Å². The first-order valence-corrected chi connectivity index (χ1v) is 11.8. The van der Waals surface area contributed by atoms with Crippen molar-refractivity contribution in [3.8, 4) is 0 Å². The second kappa shape index (κ2) is 11.5. The Morgan fingerprint density at radius 3 is 2.18 bits per heavy atom. The second-order valence-electron chi connectivity index (χ2n) is 10.1. The minimum Gasteiger partial charge on any atom is -0.352 e. The number of likely N-dealkylation sites (N-methyl/N-ethyl adjacent to an activating group) is 1. The summed E-state index contributed by atoms with van der Waals surface area (Å²) in [7, 11) is 1.67. The number of benzene rings is 1. The van der Waals surface area contributed by atoms with Crippen molar-refractivity contribution >= 4 is 23.6 Å². The zero-order chi connectivity index (χ0) is 25.6. The molecule has 1 aromatic rings. The van der Waals surface area contributed by atoms with Crippen LogP contribution in [0.2, 0.25) is 0 Å². The van der Waals surface area contributed by atoms with Gasteiger partial charge in [0, 0.05) is 19.5 Å². The van der Waals surface area contributed by atoms with Gasteiger partial charge in [-0.25, -0.2) is 0 Å². The highest BCUT2D eigenvalue weighted by Gasteiger charge is 2.45. The third-order valence-electron chi connectivity index (χ3n) is 6.18. The summed E-state index contributed by atoms with van der Waals surface area (Å²) in [6.45, 7) is 10.8. The lowest BCUT2D eigenvalue weighted by Crippen LogP contribution is -2.59. The van der Waals surface area contributed by atoms with Gasteiger partial charge in [0.05, 0.1) is 12.1 Å². The van der Waals surface area contributed by atoms with E-state index >= 15 is 0 Å². The minimum atomic E-state index is -0.839. The van der Waals surface area contributed by atoms with Crippen LogP contribution in [0.4, 0.5) is 0 Å². The quantitative estimate of drug-likeness (QED) is 0.451. The maximum atomic E-state index is 13.7. The van der Waals surface area contributed by atoms with Gasteiger partial charge in [-0.1, -0.05) is 51.1 Å². The number of rotatable bonds is 8. The van der Waals surface area contributed by atoms with Gasteiger partial charge in [-0.2, -0.15) is 0 Å². The molecule has 2 rings (SSSR count). The van der Waals surface area contributed by atoms with Crippen molar-refractivity contribution in [3.05, 3.63) is 35.9 Å². The van der Waals surface area contributed by atoms with Crippen LogP contribution in [-0.2, 0) is 19.2 Å². The molecular formula is C25H39N5O4. The zero-order valence-corrected chi connectivity index (χ0v) is 21.3. The minimum absolute atomic E-state index is 0.195. The second-order valence-corrected chi connectivity index (χ2v) is 10.1. The van der Waals surface area contributed by atoms with Crippen molar-refractivity contribution in [3.63, 3.8) is 0 Å². The summed E-state index contributed by atoms with van der Waals surface area (Å²) in [4.78, 5) is 52.8. The van der Waals surface area contributed by atoms with E-state index in [2.05, 4.69) is 21.3 Å². The Balaban J connectivity index is 2.28. The van der Waals surface area contributed by atoms with E-state index in [1.165, 1.54) is 11.8 Å². The van der Waals surface area contributed by atoms with Crippen LogP contribution in [0.25, 0.3) is 0 Å². The monoisotopic (exact) mass is 473 g/mol. The van der Waals surface area contributed by atoms with Crippen molar-refractivity contribution in [2.45, 2.75) is 78.2 Å². The molecule has 1 aliphatic heterocycles. The number of carbonyl (C=O) groups excluding carboxylic acids is 4. The number of carbonyl (C=O) groups is 4. The van der Waals surface area contributed by atoms with Crippen molar-refractivity contribution < 1.29 is 19.2 Å². The van der Waals surface area contributed by atoms with Crippen LogP contribution in [0, 0.1) is 5.41 Å². The van der Waals surface area contributed by atoms with E-state index in [-0.39, 0.29) is 42.3 Å². The van der Waals surface area contributed by atoms with E-state index in [4.69, 9.17) is 0 Å². The Labute approximate surface area is 202 Å². The van der Waals surface area contributed by atoms with Crippen molar-refractivity contribution in [1.29, 1.82) is 0 Å². The first kappa shape index (κ1) is 27.3. The number of hydrogen-bond acceptors (Lipinski definition) is 5. The highest BCUT2D eigenvalue weighted by molar-refractivity contribution is 5.94. The summed E-state index contributed by atoms with van der Waals surface area (Å²) in [5.41, 5.74) is 0.357. The van der Waals surface area contributed by atoms with Crippen LogP contribution in [0.3, 0.4) is 0 Å². The first-order valence-electron chi connectivity index (χ1n) is 11.8. The summed E-state index contributed by atoms with van der Waals surface area (Å²) in [6.07, 6.45) is 0.302. The number of amides is 4. The predicted octanol–water partition coefficient (Wildman–Crippen LogP) is 1.11. The average molecular weight is 474 g/mol. The fourth-order valence-corrected chi connectivity index (χ4v) is 4.07. The van der Waals surface area contributed by atoms with Gasteiger partial charge in [-0.15, -0.1) is 0 Å². The summed E-state index contributed by atoms with van der Waals surface area (Å²) >= 11 is 0. The summed E-state index contributed by atoms with van der Waals surface area (Å²) < 4.78 is 0. The molecule has 188 valence electrons. The van der Waals surface area contributed by atoms with E-state index in [0.29, 0.717) is 6.42 Å². The molecular weight excluding hydrogens is 434 g/mol. The molecule has 0 saturated carbocycles. The van der Waals surface area contributed by atoms with E-state index in [1.807, 2.05) is 58.0 Å². The van der Waals surface area contributed by atoms with Gasteiger partial charge in [0.1, 0.15) is 12.1 Å². The van der Waals surface area contributed by atoms with Gasteiger partial charge >= 0.3 is 0 Å². The van der Waals surface area contributed by atoms with Crippen LogP contribution in [-0.4, -0.2) is 66.3 Å². The Morgan fingerprint density at radius 2 is 1.65 bits per heavy atom. The van der Waals surface area contributed by atoms with E-state index < -0.39 is 23.5 Å². The van der Waals surface area contributed by atoms with Gasteiger partial charge < -0.3 is 26.2 Å². The lowest BCUT2D eigenvalue weighted by atomic mass is 9.85. The van der Waals surface area contributed by atoms with Crippen molar-refractivity contribution in [1.82, 2.24) is 26.2 Å². The molecule has 0 aliphatic carbocycles. The topological polar surface area (TPSA) is 120 Å². The van der Waals surface area contributed by atoms with Gasteiger partial charge in [0.25, 0.3) is 0 Å². The SMILES string of the molecule is CN[C@@H](C)C(=O)N[C@H](C(=O)N1C[C@@H](NC(C)=O)C[C@H]1C(=O)N[C@@H](C)c1ccccc1)C(C)(C)C. The fourth-order valence-electron chi connectivity index (χ4n) is 4.07. The van der Waals surface area contributed by atoms with Crippen LogP contribution >= 0.6 is 0 Å². The summed E-state index contributed by atoms with van der Waals surface area (Å²) in [6, 6.07) is 6.88. The van der Waals surface area contributed by atoms with Crippen LogP contribution in [0.5, 0.6) is 0 Å². The molecule has 0 unspecified atom stereocenters. The van der Waals surface area contributed by atoms with Crippen LogP contribution in [0.15, 0.2) is 30.3 Å². The number of likely N-dealkylation sites (tertiary alicyclic amines) is 1. The van der Waals surface area contributed by atoms with E-state index in [1.54, 1.807) is 14.0 Å². The van der Waals surface area contributed by atoms with Gasteiger partial charge in [0.15, 0.2) is 0 Å². The molecule has 1 saturated heterocycles. The molecule has 1 fully saturated rings. The molecule has 0 aromatic heterocycles. The molecule has 0 radical (unpaired) electrons. The maximum absolute atomic E-state index is 13.7. The molecule has 4 amide bonds. The standard InChI is InChI=1S/C25H39N5O4/c1-15(18-11-9-8-10-12-18)27-23(33)20-13-19(28-17(3)31)14-30(20)24(34)21(25(4,5)6)29-22(32)16(2)26-7/h8-12,15-16,19-21,26H,13-14H2,1-7H3,(H,27,33)(H,28,31)(H,29,32)/t15-,16-,19-,20-,21+/m0/s1. The summed E-state index contributed by atoms with van der Waals surface area (Å²) in [5, 5.41) is 11.6.